The summed E-state index contributed by atoms with van der Waals surface area (Å²) in [4.78, 5) is 42.2. The van der Waals surface area contributed by atoms with Gasteiger partial charge in [0.1, 0.15) is 0 Å². The minimum Gasteiger partial charge on any atom is -0.349 e. The van der Waals surface area contributed by atoms with Crippen molar-refractivity contribution in [2.75, 3.05) is 34.2 Å². The summed E-state index contributed by atoms with van der Waals surface area (Å²) in [5.74, 6) is -0.0968. The maximum Gasteiger partial charge on any atom is 0.227 e. The summed E-state index contributed by atoms with van der Waals surface area (Å²) in [5.41, 5.74) is 3.26. The molecule has 0 aromatic heterocycles. The molecule has 0 N–H and O–H groups in total. The van der Waals surface area contributed by atoms with Crippen molar-refractivity contribution in [1.82, 2.24) is 14.7 Å². The van der Waals surface area contributed by atoms with Crippen molar-refractivity contribution in [2.24, 2.45) is 5.92 Å². The third-order valence-corrected chi connectivity index (χ3v) is 6.25. The number of amides is 3. The highest BCUT2D eigenvalue weighted by Crippen LogP contribution is 2.34. The zero-order chi connectivity index (χ0) is 23.3. The van der Waals surface area contributed by atoms with Gasteiger partial charge in [-0.25, -0.2) is 0 Å². The van der Waals surface area contributed by atoms with Gasteiger partial charge in [0.05, 0.1) is 5.92 Å². The second-order valence-electron chi connectivity index (χ2n) is 8.85. The Kier molecular flexibility index (Phi) is 7.67. The van der Waals surface area contributed by atoms with Gasteiger partial charge in [-0.15, -0.1) is 0 Å². The molecule has 0 spiro atoms. The Morgan fingerprint density at radius 1 is 0.906 bits per heavy atom. The normalized spacial score (nSPS) is 17.8. The van der Waals surface area contributed by atoms with Crippen molar-refractivity contribution < 1.29 is 14.4 Å². The molecule has 0 bridgehead atoms. The van der Waals surface area contributed by atoms with Gasteiger partial charge in [0.15, 0.2) is 0 Å². The molecule has 0 saturated carbocycles. The SMILES string of the molecule is CC(=O)N1C[C@H](C(=O)N(C)C)[C@@H](c2ccc(CN(C)C(=O)CCc3ccccc3)cc2)C1. The molecular formula is C26H33N3O3. The van der Waals surface area contributed by atoms with Crippen LogP contribution in [0.25, 0.3) is 0 Å². The molecule has 0 radical (unpaired) electrons. The highest BCUT2D eigenvalue weighted by Gasteiger charge is 2.40. The smallest absolute Gasteiger partial charge is 0.227 e. The fourth-order valence-electron chi connectivity index (χ4n) is 4.30. The van der Waals surface area contributed by atoms with Crippen LogP contribution in [-0.2, 0) is 27.3 Å². The lowest BCUT2D eigenvalue weighted by atomic mass is 9.87. The fraction of sp³-hybridized carbons (Fsp3) is 0.423. The van der Waals surface area contributed by atoms with E-state index in [9.17, 15) is 14.4 Å². The van der Waals surface area contributed by atoms with E-state index in [-0.39, 0.29) is 29.6 Å². The number of aryl methyl sites for hydroxylation is 1. The second kappa shape index (κ2) is 10.4. The van der Waals surface area contributed by atoms with Crippen molar-refractivity contribution in [2.45, 2.75) is 32.2 Å². The lowest BCUT2D eigenvalue weighted by Crippen LogP contribution is -2.34. The highest BCUT2D eigenvalue weighted by atomic mass is 16.2. The van der Waals surface area contributed by atoms with Gasteiger partial charge >= 0.3 is 0 Å². The number of likely N-dealkylation sites (tertiary alicyclic amines) is 1. The van der Waals surface area contributed by atoms with E-state index in [1.807, 2.05) is 61.6 Å². The van der Waals surface area contributed by atoms with E-state index in [1.54, 1.807) is 35.7 Å². The van der Waals surface area contributed by atoms with E-state index in [4.69, 9.17) is 0 Å². The molecule has 170 valence electrons. The van der Waals surface area contributed by atoms with Gasteiger partial charge in [-0.3, -0.25) is 14.4 Å². The van der Waals surface area contributed by atoms with E-state index in [1.165, 1.54) is 0 Å². The Morgan fingerprint density at radius 2 is 1.56 bits per heavy atom. The zero-order valence-corrected chi connectivity index (χ0v) is 19.5. The van der Waals surface area contributed by atoms with E-state index >= 15 is 0 Å². The van der Waals surface area contributed by atoms with Crippen molar-refractivity contribution in [3.8, 4) is 0 Å². The summed E-state index contributed by atoms with van der Waals surface area (Å²) in [7, 11) is 5.34. The molecule has 0 unspecified atom stereocenters. The summed E-state index contributed by atoms with van der Waals surface area (Å²) < 4.78 is 0. The first-order valence-electron chi connectivity index (χ1n) is 11.1. The third-order valence-electron chi connectivity index (χ3n) is 6.25. The van der Waals surface area contributed by atoms with Crippen LogP contribution in [0.5, 0.6) is 0 Å². The maximum absolute atomic E-state index is 12.7. The van der Waals surface area contributed by atoms with E-state index < -0.39 is 0 Å². The predicted molar refractivity (Wildman–Crippen MR) is 125 cm³/mol. The van der Waals surface area contributed by atoms with Gasteiger partial charge in [-0.05, 0) is 23.1 Å². The summed E-state index contributed by atoms with van der Waals surface area (Å²) in [6.45, 7) is 3.10. The molecule has 2 aromatic carbocycles. The van der Waals surface area contributed by atoms with Crippen LogP contribution in [0.15, 0.2) is 54.6 Å². The Bertz CT molecular complexity index is 941. The van der Waals surface area contributed by atoms with Crippen LogP contribution < -0.4 is 0 Å². The fourth-order valence-corrected chi connectivity index (χ4v) is 4.30. The number of hydrogen-bond acceptors (Lipinski definition) is 3. The minimum absolute atomic E-state index is 0.00341. The summed E-state index contributed by atoms with van der Waals surface area (Å²) >= 11 is 0. The molecule has 1 aliphatic rings. The Balaban J connectivity index is 1.62. The van der Waals surface area contributed by atoms with Crippen LogP contribution in [0.1, 0.15) is 36.0 Å². The van der Waals surface area contributed by atoms with Crippen LogP contribution in [-0.4, -0.2) is 66.7 Å². The molecule has 1 fully saturated rings. The van der Waals surface area contributed by atoms with E-state index in [0.717, 1.165) is 23.1 Å². The number of carbonyl (C=O) groups is 3. The number of benzene rings is 2. The van der Waals surface area contributed by atoms with Crippen LogP contribution in [0.3, 0.4) is 0 Å². The van der Waals surface area contributed by atoms with Crippen molar-refractivity contribution in [1.29, 1.82) is 0 Å². The molecule has 32 heavy (non-hydrogen) atoms. The van der Waals surface area contributed by atoms with Crippen molar-refractivity contribution >= 4 is 17.7 Å². The molecule has 0 aliphatic carbocycles. The Labute approximate surface area is 190 Å². The van der Waals surface area contributed by atoms with Crippen LogP contribution in [0.4, 0.5) is 0 Å². The first-order chi connectivity index (χ1) is 15.3. The largest absolute Gasteiger partial charge is 0.349 e. The number of rotatable bonds is 7. The van der Waals surface area contributed by atoms with Gasteiger partial charge in [0, 0.05) is 60.0 Å². The minimum atomic E-state index is -0.234. The predicted octanol–water partition coefficient (Wildman–Crippen LogP) is 2.93. The highest BCUT2D eigenvalue weighted by molar-refractivity contribution is 5.82. The van der Waals surface area contributed by atoms with Gasteiger partial charge in [0.25, 0.3) is 0 Å². The average molecular weight is 436 g/mol. The molecule has 3 rings (SSSR count). The van der Waals surface area contributed by atoms with Gasteiger partial charge in [-0.2, -0.15) is 0 Å². The zero-order valence-electron chi connectivity index (χ0n) is 19.5. The standard InChI is InChI=1S/C26H33N3O3/c1-19(30)29-17-23(24(18-29)26(32)27(2)3)22-13-10-21(11-14-22)16-28(4)25(31)15-12-20-8-6-5-7-9-20/h5-11,13-14,23-24H,12,15-18H2,1-4H3/t23-,24+/m1/s1. The van der Waals surface area contributed by atoms with Crippen LogP contribution in [0.2, 0.25) is 0 Å². The van der Waals surface area contributed by atoms with E-state index in [2.05, 4.69) is 0 Å². The second-order valence-corrected chi connectivity index (χ2v) is 8.85. The van der Waals surface area contributed by atoms with Crippen LogP contribution >= 0.6 is 0 Å². The topological polar surface area (TPSA) is 60.9 Å². The Morgan fingerprint density at radius 3 is 2.16 bits per heavy atom. The summed E-state index contributed by atoms with van der Waals surface area (Å²) in [6.07, 6.45) is 1.22. The quantitative estimate of drug-likeness (QED) is 0.672. The lowest BCUT2D eigenvalue weighted by Gasteiger charge is -2.22. The molecule has 2 atom stereocenters. The lowest BCUT2D eigenvalue weighted by molar-refractivity contribution is -0.133. The molecule has 1 aliphatic heterocycles. The van der Waals surface area contributed by atoms with E-state index in [0.29, 0.717) is 26.1 Å². The number of nitrogens with zero attached hydrogens (tertiary/aromatic N) is 3. The average Bonchev–Trinajstić information content (AvgIpc) is 3.23. The number of carbonyl (C=O) groups excluding carboxylic acids is 3. The molecule has 1 heterocycles. The molecule has 6 nitrogen and oxygen atoms in total. The van der Waals surface area contributed by atoms with Crippen molar-refractivity contribution in [3.05, 3.63) is 71.3 Å². The first-order valence-corrected chi connectivity index (χ1v) is 11.1. The summed E-state index contributed by atoms with van der Waals surface area (Å²) in [5, 5.41) is 0. The monoisotopic (exact) mass is 435 g/mol. The third kappa shape index (κ3) is 5.75. The molecule has 3 amide bonds. The molecular weight excluding hydrogens is 402 g/mol. The van der Waals surface area contributed by atoms with Crippen molar-refractivity contribution in [3.63, 3.8) is 0 Å². The van der Waals surface area contributed by atoms with Gasteiger partial charge in [0.2, 0.25) is 17.7 Å². The van der Waals surface area contributed by atoms with Crippen LogP contribution in [0, 0.1) is 5.92 Å². The summed E-state index contributed by atoms with van der Waals surface area (Å²) in [6, 6.07) is 18.1. The number of hydrogen-bond donors (Lipinski definition) is 0. The van der Waals surface area contributed by atoms with Gasteiger partial charge < -0.3 is 14.7 Å². The van der Waals surface area contributed by atoms with Gasteiger partial charge in [-0.1, -0.05) is 54.6 Å². The maximum atomic E-state index is 12.7. The first kappa shape index (κ1) is 23.5. The molecule has 2 aromatic rings. The molecule has 1 saturated heterocycles. The Hall–Kier alpha value is -3.15. The molecule has 6 heteroatoms.